The molecular weight excluding hydrogens is 254 g/mol. The van der Waals surface area contributed by atoms with E-state index in [2.05, 4.69) is 22.2 Å². The summed E-state index contributed by atoms with van der Waals surface area (Å²) in [7, 11) is 0. The van der Waals surface area contributed by atoms with Gasteiger partial charge in [0.15, 0.2) is 16.1 Å². The number of aliphatic imine (C=N–C) groups is 1. The van der Waals surface area contributed by atoms with E-state index in [0.29, 0.717) is 11.7 Å². The Morgan fingerprint density at radius 3 is 3.12 bits per heavy atom. The number of thiazole rings is 1. The Bertz CT molecular complexity index is 442. The van der Waals surface area contributed by atoms with Crippen molar-refractivity contribution in [1.29, 1.82) is 0 Å². The molecule has 1 aromatic rings. The van der Waals surface area contributed by atoms with Gasteiger partial charge in [0.05, 0.1) is 6.04 Å². The molecule has 1 atom stereocenters. The van der Waals surface area contributed by atoms with Gasteiger partial charge in [-0.05, 0) is 12.8 Å². The number of amidine groups is 1. The molecule has 0 amide bonds. The lowest BCUT2D eigenvalue weighted by Gasteiger charge is -2.18. The normalized spacial score (nSPS) is 19.9. The van der Waals surface area contributed by atoms with E-state index in [1.165, 1.54) is 18.3 Å². The molecule has 4 nitrogen and oxygen atoms in total. The first kappa shape index (κ1) is 12.6. The number of rotatable bonds is 3. The third-order valence-corrected chi connectivity index (χ3v) is 4.22. The van der Waals surface area contributed by atoms with Crippen LogP contribution in [-0.4, -0.2) is 27.7 Å². The minimum Gasteiger partial charge on any atom is -0.311 e. The molecule has 1 aliphatic rings. The second kappa shape index (κ2) is 5.64. The Balaban J connectivity index is 2.04. The van der Waals surface area contributed by atoms with Crippen LogP contribution in [0.2, 0.25) is 0 Å². The summed E-state index contributed by atoms with van der Waals surface area (Å²) in [5, 5.41) is 6.63. The second-order valence-electron chi connectivity index (χ2n) is 3.85. The van der Waals surface area contributed by atoms with E-state index in [4.69, 9.17) is 0 Å². The van der Waals surface area contributed by atoms with Crippen molar-refractivity contribution in [1.82, 2.24) is 4.98 Å². The highest BCUT2D eigenvalue weighted by Gasteiger charge is 2.15. The van der Waals surface area contributed by atoms with E-state index in [0.717, 1.165) is 28.9 Å². The first-order valence-electron chi connectivity index (χ1n) is 5.63. The van der Waals surface area contributed by atoms with Gasteiger partial charge < -0.3 is 5.32 Å². The molecule has 0 fully saturated rings. The molecule has 17 heavy (non-hydrogen) atoms. The predicted molar refractivity (Wildman–Crippen MR) is 74.3 cm³/mol. The van der Waals surface area contributed by atoms with E-state index in [1.807, 2.05) is 0 Å². The van der Waals surface area contributed by atoms with Crippen LogP contribution < -0.4 is 5.32 Å². The zero-order valence-electron chi connectivity index (χ0n) is 9.90. The Morgan fingerprint density at radius 2 is 2.47 bits per heavy atom. The van der Waals surface area contributed by atoms with Gasteiger partial charge in [0.1, 0.15) is 5.69 Å². The first-order chi connectivity index (χ1) is 8.19. The molecule has 6 heteroatoms. The van der Waals surface area contributed by atoms with Gasteiger partial charge in [-0.1, -0.05) is 18.7 Å². The van der Waals surface area contributed by atoms with Crippen LogP contribution in [0.5, 0.6) is 0 Å². The lowest BCUT2D eigenvalue weighted by atomic mass is 10.2. The van der Waals surface area contributed by atoms with Crippen molar-refractivity contribution in [2.45, 2.75) is 32.7 Å². The molecule has 1 N–H and O–H groups in total. The van der Waals surface area contributed by atoms with Gasteiger partial charge in [0.2, 0.25) is 0 Å². The Kier molecular flexibility index (Phi) is 4.17. The van der Waals surface area contributed by atoms with Gasteiger partial charge in [-0.25, -0.2) is 4.98 Å². The van der Waals surface area contributed by atoms with Crippen LogP contribution in [0.3, 0.4) is 0 Å². The number of nitrogens with one attached hydrogen (secondary N) is 1. The third kappa shape index (κ3) is 3.29. The van der Waals surface area contributed by atoms with Crippen LogP contribution in [0.1, 0.15) is 37.2 Å². The number of nitrogens with zero attached hydrogens (tertiary/aromatic N) is 2. The lowest BCUT2D eigenvalue weighted by molar-refractivity contribution is 0.101. The molecule has 2 heterocycles. The number of ketones is 1. The fraction of sp³-hybridized carbons (Fsp3) is 0.545. The monoisotopic (exact) mass is 269 g/mol. The molecule has 0 radical (unpaired) electrons. The van der Waals surface area contributed by atoms with Crippen molar-refractivity contribution in [3.8, 4) is 0 Å². The molecule has 92 valence electrons. The molecule has 0 aliphatic carbocycles. The smallest absolute Gasteiger partial charge is 0.189 e. The third-order valence-electron chi connectivity index (χ3n) is 2.54. The summed E-state index contributed by atoms with van der Waals surface area (Å²) in [6, 6.07) is 0.422. The maximum Gasteiger partial charge on any atom is 0.189 e. The number of hydrogen-bond acceptors (Lipinski definition) is 6. The highest BCUT2D eigenvalue weighted by molar-refractivity contribution is 8.14. The summed E-state index contributed by atoms with van der Waals surface area (Å²) < 4.78 is 0. The van der Waals surface area contributed by atoms with E-state index < -0.39 is 0 Å². The van der Waals surface area contributed by atoms with Crippen molar-refractivity contribution >= 4 is 39.2 Å². The van der Waals surface area contributed by atoms with Crippen LogP contribution >= 0.6 is 23.1 Å². The number of hydrogen-bond donors (Lipinski definition) is 1. The van der Waals surface area contributed by atoms with Crippen LogP contribution in [0.4, 0.5) is 5.13 Å². The minimum absolute atomic E-state index is 0.000953. The zero-order valence-corrected chi connectivity index (χ0v) is 11.5. The zero-order chi connectivity index (χ0) is 12.3. The van der Waals surface area contributed by atoms with Crippen LogP contribution in [0.15, 0.2) is 10.4 Å². The molecule has 1 aromatic heterocycles. The summed E-state index contributed by atoms with van der Waals surface area (Å²) in [6.45, 7) is 3.68. The number of anilines is 1. The number of carbonyl (C=O) groups excluding carboxylic acids is 1. The first-order valence-corrected chi connectivity index (χ1v) is 7.49. The summed E-state index contributed by atoms with van der Waals surface area (Å²) in [5.41, 5.74) is 0.519. The number of thioether (sulfide) groups is 1. The molecule has 2 rings (SSSR count). The fourth-order valence-corrected chi connectivity index (χ4v) is 3.30. The number of aromatic nitrogens is 1. The predicted octanol–water partition coefficient (Wildman–Crippen LogP) is 3.03. The largest absolute Gasteiger partial charge is 0.311 e. The van der Waals surface area contributed by atoms with E-state index >= 15 is 0 Å². The summed E-state index contributed by atoms with van der Waals surface area (Å²) in [5.74, 6) is 1.09. The average Bonchev–Trinajstić information content (AvgIpc) is 2.78. The molecule has 0 aromatic carbocycles. The van der Waals surface area contributed by atoms with Crippen molar-refractivity contribution in [2.75, 3.05) is 11.1 Å². The quantitative estimate of drug-likeness (QED) is 0.857. The van der Waals surface area contributed by atoms with E-state index in [-0.39, 0.29) is 5.78 Å². The van der Waals surface area contributed by atoms with Crippen molar-refractivity contribution in [3.05, 3.63) is 11.1 Å². The minimum atomic E-state index is -0.000953. The van der Waals surface area contributed by atoms with Crippen LogP contribution in [-0.2, 0) is 0 Å². The maximum absolute atomic E-state index is 11.1. The van der Waals surface area contributed by atoms with Crippen LogP contribution in [0.25, 0.3) is 0 Å². The van der Waals surface area contributed by atoms with Crippen molar-refractivity contribution in [2.24, 2.45) is 4.99 Å². The van der Waals surface area contributed by atoms with Crippen molar-refractivity contribution in [3.63, 3.8) is 0 Å². The highest BCUT2D eigenvalue weighted by atomic mass is 32.2. The molecular formula is C11H15N3OS2. The summed E-state index contributed by atoms with van der Waals surface area (Å²) in [6.07, 6.45) is 2.21. The highest BCUT2D eigenvalue weighted by Crippen LogP contribution is 2.23. The van der Waals surface area contributed by atoms with Gasteiger partial charge in [-0.3, -0.25) is 9.79 Å². The fourth-order valence-electron chi connectivity index (χ4n) is 1.51. The molecule has 0 saturated heterocycles. The molecule has 0 bridgehead atoms. The van der Waals surface area contributed by atoms with Gasteiger partial charge in [0.25, 0.3) is 0 Å². The molecule has 1 aliphatic heterocycles. The van der Waals surface area contributed by atoms with Gasteiger partial charge in [0, 0.05) is 18.1 Å². The Morgan fingerprint density at radius 1 is 1.65 bits per heavy atom. The Hall–Kier alpha value is -0.880. The van der Waals surface area contributed by atoms with Gasteiger partial charge in [-0.2, -0.15) is 0 Å². The van der Waals surface area contributed by atoms with Gasteiger partial charge >= 0.3 is 0 Å². The molecule has 0 saturated carbocycles. The van der Waals surface area contributed by atoms with Crippen LogP contribution in [0, 0.1) is 0 Å². The average molecular weight is 269 g/mol. The van der Waals surface area contributed by atoms with Gasteiger partial charge in [-0.15, -0.1) is 11.3 Å². The Labute approximate surface area is 109 Å². The van der Waals surface area contributed by atoms with Crippen molar-refractivity contribution < 1.29 is 4.79 Å². The maximum atomic E-state index is 11.1. The molecule has 0 spiro atoms. The number of Topliss-reactive ketones (excluding diaryl/α,β-unsaturated/α-hetero) is 1. The summed E-state index contributed by atoms with van der Waals surface area (Å²) >= 11 is 3.16. The SMILES string of the molecule is CCC1CCSC(Nc2nc(C(C)=O)cs2)=N1. The second-order valence-corrected chi connectivity index (χ2v) is 5.79. The molecule has 1 unspecified atom stereocenters. The standard InChI is InChI=1S/C11H15N3OS2/c1-3-8-4-5-16-10(12-8)14-11-13-9(6-17-11)7(2)15/h6,8H,3-5H2,1-2H3,(H,12,13,14). The lowest BCUT2D eigenvalue weighted by Crippen LogP contribution is -2.19. The van der Waals surface area contributed by atoms with E-state index in [1.54, 1.807) is 17.1 Å². The topological polar surface area (TPSA) is 54.4 Å². The summed E-state index contributed by atoms with van der Waals surface area (Å²) in [4.78, 5) is 19.9. The van der Waals surface area contributed by atoms with E-state index in [9.17, 15) is 4.79 Å². The number of carbonyl (C=O) groups is 1.